The number of ether oxygens (including phenoxy) is 2. The van der Waals surface area contributed by atoms with E-state index >= 15 is 0 Å². The van der Waals surface area contributed by atoms with Gasteiger partial charge in [-0.2, -0.15) is 0 Å². The second-order valence-corrected chi connectivity index (χ2v) is 2.22. The highest BCUT2D eigenvalue weighted by molar-refractivity contribution is 5.67. The topological polar surface area (TPSA) is 47.6 Å². The van der Waals surface area contributed by atoms with Gasteiger partial charge in [0.25, 0.3) is 0 Å². The molecular weight excluding hydrogens is 158 g/mol. The Hall–Kier alpha value is -0.770. The first-order valence-corrected chi connectivity index (χ1v) is 4.09. The summed E-state index contributed by atoms with van der Waals surface area (Å²) < 4.78 is 9.61. The van der Waals surface area contributed by atoms with Gasteiger partial charge in [0.05, 0.1) is 0 Å². The van der Waals surface area contributed by atoms with Crippen LogP contribution in [0.3, 0.4) is 0 Å². The van der Waals surface area contributed by atoms with Gasteiger partial charge in [-0.25, -0.2) is 4.79 Å². The van der Waals surface area contributed by atoms with Crippen LogP contribution in [0.1, 0.15) is 20.3 Å². The molecule has 71 valence electrons. The summed E-state index contributed by atoms with van der Waals surface area (Å²) in [7, 11) is 0. The molecular formula is C8H16NO3. The van der Waals surface area contributed by atoms with E-state index in [4.69, 9.17) is 9.47 Å². The van der Waals surface area contributed by atoms with E-state index in [1.54, 1.807) is 0 Å². The minimum atomic E-state index is -0.716. The molecule has 1 radical (unpaired) electrons. The van der Waals surface area contributed by atoms with Crippen LogP contribution in [-0.2, 0) is 9.47 Å². The molecule has 0 aliphatic heterocycles. The fraction of sp³-hybridized carbons (Fsp3) is 0.750. The van der Waals surface area contributed by atoms with Gasteiger partial charge in [-0.05, 0) is 13.3 Å². The number of alkyl carbamates (subject to hydrolysis) is 1. The zero-order valence-corrected chi connectivity index (χ0v) is 7.63. The van der Waals surface area contributed by atoms with Crippen molar-refractivity contribution >= 4 is 6.09 Å². The van der Waals surface area contributed by atoms with E-state index in [1.807, 2.05) is 13.8 Å². The van der Waals surface area contributed by atoms with Crippen molar-refractivity contribution in [1.82, 2.24) is 5.32 Å². The molecule has 4 nitrogen and oxygen atoms in total. The number of amides is 1. The minimum absolute atomic E-state index is 0.481. The molecule has 1 unspecified atom stereocenters. The second-order valence-electron chi connectivity index (χ2n) is 2.22. The van der Waals surface area contributed by atoms with Crippen LogP contribution in [0, 0.1) is 6.92 Å². The Bertz CT molecular complexity index is 127. The fourth-order valence-corrected chi connectivity index (χ4v) is 0.608. The molecule has 12 heavy (non-hydrogen) atoms. The van der Waals surface area contributed by atoms with Crippen LogP contribution in [0.25, 0.3) is 0 Å². The normalized spacial score (nSPS) is 12.2. The van der Waals surface area contributed by atoms with Gasteiger partial charge in [0.2, 0.25) is 6.29 Å². The van der Waals surface area contributed by atoms with Crippen LogP contribution in [0.15, 0.2) is 0 Å². The lowest BCUT2D eigenvalue weighted by Gasteiger charge is -2.12. The van der Waals surface area contributed by atoms with Gasteiger partial charge in [-0.3, -0.25) is 0 Å². The highest BCUT2D eigenvalue weighted by atomic mass is 16.7. The first-order chi connectivity index (χ1) is 5.70. The van der Waals surface area contributed by atoms with Crippen LogP contribution < -0.4 is 5.32 Å². The molecule has 4 heteroatoms. The molecule has 0 heterocycles. The number of hydrogen-bond donors (Lipinski definition) is 1. The van der Waals surface area contributed by atoms with E-state index in [1.165, 1.54) is 0 Å². The Labute approximate surface area is 73.2 Å². The molecule has 0 rings (SSSR count). The molecule has 0 saturated carbocycles. The molecule has 0 aromatic carbocycles. The van der Waals surface area contributed by atoms with Gasteiger partial charge < -0.3 is 14.8 Å². The molecule has 0 saturated heterocycles. The summed E-state index contributed by atoms with van der Waals surface area (Å²) >= 11 is 0. The summed E-state index contributed by atoms with van der Waals surface area (Å²) in [4.78, 5) is 10.8. The van der Waals surface area contributed by atoms with Crippen LogP contribution in [-0.4, -0.2) is 25.5 Å². The third-order valence-corrected chi connectivity index (χ3v) is 1.11. The van der Waals surface area contributed by atoms with Crippen LogP contribution >= 0.6 is 0 Å². The average Bonchev–Trinajstić information content (AvgIpc) is 2.01. The maximum absolute atomic E-state index is 10.8. The van der Waals surface area contributed by atoms with Crippen LogP contribution in [0.2, 0.25) is 0 Å². The minimum Gasteiger partial charge on any atom is -0.420 e. The molecule has 1 amide bonds. The molecule has 0 bridgehead atoms. The molecule has 0 fully saturated rings. The maximum atomic E-state index is 10.8. The second kappa shape index (κ2) is 6.91. The standard InChI is InChI=1S/C8H16NO3/c1-4-6-9-8(10)12-7(3)11-5-2/h7H,3-6H2,1-2H3,(H,9,10). The fourth-order valence-electron chi connectivity index (χ4n) is 0.608. The zero-order chi connectivity index (χ0) is 9.40. The highest BCUT2D eigenvalue weighted by Gasteiger charge is 2.06. The molecule has 0 aliphatic carbocycles. The third-order valence-electron chi connectivity index (χ3n) is 1.11. The van der Waals surface area contributed by atoms with E-state index in [-0.39, 0.29) is 0 Å². The Morgan fingerprint density at radius 2 is 2.25 bits per heavy atom. The van der Waals surface area contributed by atoms with Crippen molar-refractivity contribution < 1.29 is 14.3 Å². The van der Waals surface area contributed by atoms with Crippen LogP contribution in [0.4, 0.5) is 4.79 Å². The largest absolute Gasteiger partial charge is 0.420 e. The molecule has 1 atom stereocenters. The lowest BCUT2D eigenvalue weighted by molar-refractivity contribution is -0.0690. The Morgan fingerprint density at radius 1 is 1.58 bits per heavy atom. The number of nitrogens with one attached hydrogen (secondary N) is 1. The number of carbonyl (C=O) groups excluding carboxylic acids is 1. The lowest BCUT2D eigenvalue weighted by Crippen LogP contribution is -2.29. The van der Waals surface area contributed by atoms with E-state index in [0.717, 1.165) is 6.42 Å². The maximum Gasteiger partial charge on any atom is 0.409 e. The van der Waals surface area contributed by atoms with Crippen LogP contribution in [0.5, 0.6) is 0 Å². The summed E-state index contributed by atoms with van der Waals surface area (Å²) in [6.07, 6.45) is -0.317. The van der Waals surface area contributed by atoms with Crippen molar-refractivity contribution in [2.45, 2.75) is 26.6 Å². The molecule has 0 aromatic heterocycles. The van der Waals surface area contributed by atoms with Crippen molar-refractivity contribution in [2.24, 2.45) is 0 Å². The summed E-state index contributed by atoms with van der Waals surface area (Å²) in [5.74, 6) is 0. The Kier molecular flexibility index (Phi) is 6.47. The Morgan fingerprint density at radius 3 is 2.75 bits per heavy atom. The first-order valence-electron chi connectivity index (χ1n) is 4.09. The third kappa shape index (κ3) is 5.97. The summed E-state index contributed by atoms with van der Waals surface area (Å²) in [5, 5.41) is 2.54. The molecule has 0 aliphatic rings. The van der Waals surface area contributed by atoms with E-state index in [0.29, 0.717) is 13.2 Å². The van der Waals surface area contributed by atoms with Crippen molar-refractivity contribution in [1.29, 1.82) is 0 Å². The van der Waals surface area contributed by atoms with Crippen molar-refractivity contribution in [2.75, 3.05) is 13.2 Å². The van der Waals surface area contributed by atoms with Gasteiger partial charge in [-0.15, -0.1) is 0 Å². The summed E-state index contributed by atoms with van der Waals surface area (Å²) in [5.41, 5.74) is 0. The average molecular weight is 174 g/mol. The van der Waals surface area contributed by atoms with Gasteiger partial charge >= 0.3 is 6.09 Å². The monoisotopic (exact) mass is 174 g/mol. The van der Waals surface area contributed by atoms with Gasteiger partial charge in [0, 0.05) is 20.1 Å². The Balaban J connectivity index is 3.40. The lowest BCUT2D eigenvalue weighted by atomic mass is 10.5. The highest BCUT2D eigenvalue weighted by Crippen LogP contribution is 1.92. The van der Waals surface area contributed by atoms with E-state index in [2.05, 4.69) is 12.2 Å². The zero-order valence-electron chi connectivity index (χ0n) is 7.63. The summed E-state index contributed by atoms with van der Waals surface area (Å²) in [6.45, 7) is 8.33. The van der Waals surface area contributed by atoms with Gasteiger partial charge in [0.1, 0.15) is 0 Å². The first kappa shape index (κ1) is 11.2. The quantitative estimate of drug-likeness (QED) is 0.639. The van der Waals surface area contributed by atoms with Crippen molar-refractivity contribution in [3.63, 3.8) is 0 Å². The van der Waals surface area contributed by atoms with Gasteiger partial charge in [0.15, 0.2) is 0 Å². The predicted octanol–water partition coefficient (Wildman–Crippen LogP) is 1.32. The number of rotatable bonds is 5. The van der Waals surface area contributed by atoms with Gasteiger partial charge in [-0.1, -0.05) is 6.92 Å². The van der Waals surface area contributed by atoms with Crippen molar-refractivity contribution in [3.05, 3.63) is 6.92 Å². The SMILES string of the molecule is [CH2]C(OCC)OC(=O)NCCC. The predicted molar refractivity (Wildman–Crippen MR) is 45.5 cm³/mol. The van der Waals surface area contributed by atoms with Crippen molar-refractivity contribution in [3.8, 4) is 0 Å². The molecule has 1 N–H and O–H groups in total. The number of carbonyl (C=O) groups is 1. The molecule has 0 aromatic rings. The van der Waals surface area contributed by atoms with E-state index < -0.39 is 12.4 Å². The smallest absolute Gasteiger partial charge is 0.409 e. The van der Waals surface area contributed by atoms with E-state index in [9.17, 15) is 4.79 Å². The summed E-state index contributed by atoms with van der Waals surface area (Å²) in [6, 6.07) is 0. The number of hydrogen-bond acceptors (Lipinski definition) is 3. The molecule has 0 spiro atoms.